The van der Waals surface area contributed by atoms with Crippen LogP contribution < -0.4 is 9.47 Å². The van der Waals surface area contributed by atoms with Crippen molar-refractivity contribution in [2.24, 2.45) is 0 Å². The van der Waals surface area contributed by atoms with Gasteiger partial charge in [-0.05, 0) is 24.3 Å². The molecule has 0 aliphatic heterocycles. The normalized spacial score (nSPS) is 10.6. The first-order valence-corrected chi connectivity index (χ1v) is 9.77. The van der Waals surface area contributed by atoms with Crippen molar-refractivity contribution in [1.29, 1.82) is 0 Å². The average Bonchev–Trinajstić information content (AvgIpc) is 3.26. The summed E-state index contributed by atoms with van der Waals surface area (Å²) in [4.78, 5) is 1.96. The second kappa shape index (κ2) is 9.07. The van der Waals surface area contributed by atoms with Crippen LogP contribution in [0.2, 0.25) is 0 Å². The fraction of sp³-hybridized carbons (Fsp3) is 0.167. The van der Waals surface area contributed by atoms with E-state index in [1.165, 1.54) is 16.2 Å². The highest BCUT2D eigenvalue weighted by atomic mass is 35.5. The molecule has 140 valence electrons. The Morgan fingerprint density at radius 2 is 1.74 bits per heavy atom. The van der Waals surface area contributed by atoms with Crippen molar-refractivity contribution in [3.63, 3.8) is 0 Å². The van der Waals surface area contributed by atoms with Crippen LogP contribution in [0.3, 0.4) is 0 Å². The van der Waals surface area contributed by atoms with Gasteiger partial charge in [0.2, 0.25) is 4.96 Å². The first-order valence-electron chi connectivity index (χ1n) is 7.97. The van der Waals surface area contributed by atoms with Gasteiger partial charge in [0.15, 0.2) is 22.3 Å². The molecule has 0 bridgehead atoms. The van der Waals surface area contributed by atoms with E-state index in [1.54, 1.807) is 23.4 Å². The lowest BCUT2D eigenvalue weighted by molar-refractivity contribution is 0.283. The number of para-hydroxylation sites is 2. The first-order chi connectivity index (χ1) is 12.8. The smallest absolute Gasteiger partial charge is 0.234 e. The second-order valence-corrected chi connectivity index (χ2v) is 7.44. The van der Waals surface area contributed by atoms with E-state index in [1.807, 2.05) is 42.5 Å². The van der Waals surface area contributed by atoms with Crippen molar-refractivity contribution >= 4 is 40.5 Å². The van der Waals surface area contributed by atoms with Gasteiger partial charge in [0.1, 0.15) is 6.61 Å². The van der Waals surface area contributed by atoms with E-state index in [0.717, 1.165) is 15.8 Å². The minimum absolute atomic E-state index is 0. The molecule has 0 radical (unpaired) electrons. The number of aromatic nitrogens is 4. The number of hydrogen-bond acceptors (Lipinski definition) is 7. The number of rotatable bonds is 7. The van der Waals surface area contributed by atoms with Gasteiger partial charge < -0.3 is 9.47 Å². The number of benzene rings is 2. The van der Waals surface area contributed by atoms with Gasteiger partial charge in [0.25, 0.3) is 0 Å². The summed E-state index contributed by atoms with van der Waals surface area (Å²) < 4.78 is 12.9. The van der Waals surface area contributed by atoms with E-state index in [2.05, 4.69) is 27.4 Å². The Balaban J connectivity index is 0.00000210. The molecule has 0 aliphatic carbocycles. The fourth-order valence-corrected chi connectivity index (χ4v) is 3.98. The Morgan fingerprint density at radius 1 is 1.00 bits per heavy atom. The molecule has 0 N–H and O–H groups in total. The van der Waals surface area contributed by atoms with Crippen LogP contribution in [0.15, 0.2) is 59.5 Å². The number of thioether (sulfide) groups is 1. The van der Waals surface area contributed by atoms with Crippen LogP contribution in [-0.4, -0.2) is 26.9 Å². The van der Waals surface area contributed by atoms with Gasteiger partial charge in [0.05, 0.1) is 12.9 Å². The molecule has 0 fully saturated rings. The molecule has 2 aromatic carbocycles. The van der Waals surface area contributed by atoms with Crippen molar-refractivity contribution in [2.45, 2.75) is 17.3 Å². The Bertz CT molecular complexity index is 1010. The van der Waals surface area contributed by atoms with Gasteiger partial charge in [-0.2, -0.15) is 9.61 Å². The highest BCUT2D eigenvalue weighted by molar-refractivity contribution is 7.98. The van der Waals surface area contributed by atoms with E-state index in [4.69, 9.17) is 9.47 Å². The number of fused-ring (bicyclic) bond motifs is 1. The maximum atomic E-state index is 5.84. The molecule has 4 rings (SSSR count). The molecule has 0 spiro atoms. The molecule has 0 unspecified atom stereocenters. The third kappa shape index (κ3) is 4.52. The van der Waals surface area contributed by atoms with Gasteiger partial charge in [-0.15, -0.1) is 34.4 Å². The van der Waals surface area contributed by atoms with Crippen LogP contribution >= 0.6 is 35.5 Å². The minimum atomic E-state index is 0. The summed E-state index contributed by atoms with van der Waals surface area (Å²) in [5.74, 6) is 2.94. The van der Waals surface area contributed by atoms with Crippen LogP contribution in [0.5, 0.6) is 11.5 Å². The molecule has 2 aromatic heterocycles. The minimum Gasteiger partial charge on any atom is -0.493 e. The summed E-state index contributed by atoms with van der Waals surface area (Å²) in [5, 5.41) is 13.9. The van der Waals surface area contributed by atoms with Gasteiger partial charge in [-0.25, -0.2) is 0 Å². The van der Waals surface area contributed by atoms with Crippen molar-refractivity contribution < 1.29 is 9.47 Å². The summed E-state index contributed by atoms with van der Waals surface area (Å²) in [6.45, 7) is 0.361. The predicted octanol–water partition coefficient (Wildman–Crippen LogP) is 4.49. The molecule has 0 saturated heterocycles. The molecule has 9 heteroatoms. The molecule has 2 heterocycles. The number of hydrogen-bond donors (Lipinski definition) is 0. The van der Waals surface area contributed by atoms with Crippen LogP contribution in [0.4, 0.5) is 0 Å². The van der Waals surface area contributed by atoms with E-state index in [0.29, 0.717) is 23.9 Å². The second-order valence-electron chi connectivity index (χ2n) is 5.35. The molecule has 0 aliphatic rings. The number of ether oxygens (including phenoxy) is 2. The van der Waals surface area contributed by atoms with Crippen LogP contribution in [0.1, 0.15) is 10.8 Å². The highest BCUT2D eigenvalue weighted by Crippen LogP contribution is 2.27. The summed E-state index contributed by atoms with van der Waals surface area (Å²) in [6, 6.07) is 17.8. The van der Waals surface area contributed by atoms with E-state index >= 15 is 0 Å². The maximum Gasteiger partial charge on any atom is 0.234 e. The third-order valence-corrected chi connectivity index (χ3v) is 5.51. The Labute approximate surface area is 170 Å². The zero-order chi connectivity index (χ0) is 17.8. The topological polar surface area (TPSA) is 61.5 Å². The third-order valence-electron chi connectivity index (χ3n) is 3.63. The molecule has 6 nitrogen and oxygen atoms in total. The fourth-order valence-electron chi connectivity index (χ4n) is 2.39. The van der Waals surface area contributed by atoms with Gasteiger partial charge in [-0.3, -0.25) is 0 Å². The molecule has 4 aromatic rings. The lowest BCUT2D eigenvalue weighted by atomic mass is 10.3. The Morgan fingerprint density at radius 3 is 2.52 bits per heavy atom. The monoisotopic (exact) mass is 420 g/mol. The number of halogens is 1. The van der Waals surface area contributed by atoms with Crippen molar-refractivity contribution in [1.82, 2.24) is 19.8 Å². The summed E-state index contributed by atoms with van der Waals surface area (Å²) in [7, 11) is 1.63. The number of nitrogens with zero attached hydrogens (tertiary/aromatic N) is 4. The molecular formula is C18H17ClN4O2S2. The predicted molar refractivity (Wildman–Crippen MR) is 109 cm³/mol. The zero-order valence-corrected chi connectivity index (χ0v) is 16.9. The Hall–Kier alpha value is -2.29. The van der Waals surface area contributed by atoms with Gasteiger partial charge in [-0.1, -0.05) is 41.7 Å². The zero-order valence-electron chi connectivity index (χ0n) is 14.4. The first kappa shape index (κ1) is 19.5. The van der Waals surface area contributed by atoms with E-state index < -0.39 is 0 Å². The lowest BCUT2D eigenvalue weighted by Gasteiger charge is -2.08. The maximum absolute atomic E-state index is 5.84. The molecular weight excluding hydrogens is 404 g/mol. The molecule has 0 saturated carbocycles. The van der Waals surface area contributed by atoms with Gasteiger partial charge in [0, 0.05) is 4.90 Å². The van der Waals surface area contributed by atoms with Crippen LogP contribution in [0.25, 0.3) is 4.96 Å². The summed E-state index contributed by atoms with van der Waals surface area (Å²) >= 11 is 3.19. The summed E-state index contributed by atoms with van der Waals surface area (Å²) in [5.41, 5.74) is 0. The molecule has 0 atom stereocenters. The molecule has 27 heavy (non-hydrogen) atoms. The van der Waals surface area contributed by atoms with Crippen LogP contribution in [0, 0.1) is 0 Å². The van der Waals surface area contributed by atoms with Crippen molar-refractivity contribution in [2.75, 3.05) is 7.11 Å². The standard InChI is InChI=1S/C18H16N4O2S2.ClH/c1-23-14-9-5-6-10-15(14)24-11-17-21-22-16(19-20-18(22)26-17)12-25-13-7-3-2-4-8-13;/h2-10H,11-12H2,1H3;1H. The number of methoxy groups -OCH3 is 1. The summed E-state index contributed by atoms with van der Waals surface area (Å²) in [6.07, 6.45) is 0. The lowest BCUT2D eigenvalue weighted by Crippen LogP contribution is -1.99. The average molecular weight is 421 g/mol. The van der Waals surface area contributed by atoms with Crippen molar-refractivity contribution in [3.05, 3.63) is 65.4 Å². The highest BCUT2D eigenvalue weighted by Gasteiger charge is 2.13. The largest absolute Gasteiger partial charge is 0.493 e. The van der Waals surface area contributed by atoms with E-state index in [-0.39, 0.29) is 12.4 Å². The van der Waals surface area contributed by atoms with Crippen LogP contribution in [-0.2, 0) is 12.4 Å². The van der Waals surface area contributed by atoms with Crippen molar-refractivity contribution in [3.8, 4) is 11.5 Å². The van der Waals surface area contributed by atoms with E-state index in [9.17, 15) is 0 Å². The molecule has 0 amide bonds. The quantitative estimate of drug-likeness (QED) is 0.410. The Kier molecular flexibility index (Phi) is 6.54. The van der Waals surface area contributed by atoms with Gasteiger partial charge >= 0.3 is 0 Å². The SMILES string of the molecule is COc1ccccc1OCc1nn2c(CSc3ccccc3)nnc2s1.Cl.